The predicted molar refractivity (Wildman–Crippen MR) is 81.6 cm³/mol. The minimum Gasteiger partial charge on any atom is -0.479 e. The Morgan fingerprint density at radius 3 is 2.30 bits per heavy atom. The fourth-order valence-electron chi connectivity index (χ4n) is 1.92. The van der Waals surface area contributed by atoms with Gasteiger partial charge < -0.3 is 10.4 Å². The number of halogens is 2. The lowest BCUT2D eigenvalue weighted by molar-refractivity contribution is -0.138. The number of aryl methyl sites for hydroxylation is 1. The molecule has 2 N–H and O–H groups in total. The fraction of sp³-hybridized carbons (Fsp3) is 0.133. The molecular formula is C15H13Cl2NO2. The third-order valence-corrected chi connectivity index (χ3v) is 3.35. The number of nitrogens with one attached hydrogen (secondary N) is 1. The lowest BCUT2D eigenvalue weighted by Gasteiger charge is -2.18. The number of para-hydroxylation sites is 1. The molecule has 0 spiro atoms. The first-order valence-corrected chi connectivity index (χ1v) is 6.74. The van der Waals surface area contributed by atoms with Crippen molar-refractivity contribution in [2.75, 3.05) is 5.32 Å². The Kier molecular flexibility index (Phi) is 4.53. The average molecular weight is 310 g/mol. The second-order valence-electron chi connectivity index (χ2n) is 4.43. The molecule has 0 radical (unpaired) electrons. The monoisotopic (exact) mass is 309 g/mol. The van der Waals surface area contributed by atoms with E-state index in [1.54, 1.807) is 18.2 Å². The van der Waals surface area contributed by atoms with Crippen LogP contribution in [0.15, 0.2) is 42.5 Å². The Morgan fingerprint density at radius 2 is 1.75 bits per heavy atom. The van der Waals surface area contributed by atoms with E-state index in [0.29, 0.717) is 15.6 Å². The van der Waals surface area contributed by atoms with E-state index in [4.69, 9.17) is 23.2 Å². The highest BCUT2D eigenvalue weighted by Gasteiger charge is 2.21. The molecular weight excluding hydrogens is 297 g/mol. The Labute approximate surface area is 127 Å². The van der Waals surface area contributed by atoms with Crippen LogP contribution >= 0.6 is 23.2 Å². The number of rotatable bonds is 4. The highest BCUT2D eigenvalue weighted by Crippen LogP contribution is 2.27. The molecule has 1 unspecified atom stereocenters. The zero-order chi connectivity index (χ0) is 14.7. The minimum absolute atomic E-state index is 0.408. The van der Waals surface area contributed by atoms with E-state index >= 15 is 0 Å². The highest BCUT2D eigenvalue weighted by molar-refractivity contribution is 6.34. The molecule has 0 saturated heterocycles. The number of carboxylic acid groups (broad SMARTS) is 1. The van der Waals surface area contributed by atoms with Crippen molar-refractivity contribution >= 4 is 34.9 Å². The summed E-state index contributed by atoms with van der Waals surface area (Å²) in [5.41, 5.74) is 2.24. The van der Waals surface area contributed by atoms with Crippen molar-refractivity contribution < 1.29 is 9.90 Å². The van der Waals surface area contributed by atoms with Crippen LogP contribution in [-0.4, -0.2) is 11.1 Å². The van der Waals surface area contributed by atoms with Gasteiger partial charge in [0.15, 0.2) is 6.04 Å². The molecule has 3 nitrogen and oxygen atoms in total. The maximum absolute atomic E-state index is 11.5. The molecule has 0 amide bonds. The summed E-state index contributed by atoms with van der Waals surface area (Å²) in [4.78, 5) is 11.5. The third-order valence-electron chi connectivity index (χ3n) is 2.91. The quantitative estimate of drug-likeness (QED) is 0.871. The first-order valence-electron chi connectivity index (χ1n) is 5.98. The van der Waals surface area contributed by atoms with Crippen molar-refractivity contribution in [3.8, 4) is 0 Å². The fourth-order valence-corrected chi connectivity index (χ4v) is 2.46. The van der Waals surface area contributed by atoms with E-state index in [2.05, 4.69) is 5.32 Å². The Morgan fingerprint density at radius 1 is 1.15 bits per heavy atom. The number of carbonyl (C=O) groups is 1. The summed E-state index contributed by atoms with van der Waals surface area (Å²) >= 11 is 11.9. The molecule has 2 rings (SSSR count). The number of anilines is 1. The molecule has 104 valence electrons. The summed E-state index contributed by atoms with van der Waals surface area (Å²) in [5.74, 6) is -0.994. The van der Waals surface area contributed by atoms with Crippen LogP contribution in [0.25, 0.3) is 0 Å². The van der Waals surface area contributed by atoms with Crippen LogP contribution in [0.4, 0.5) is 5.69 Å². The van der Waals surface area contributed by atoms with Crippen LogP contribution in [0.5, 0.6) is 0 Å². The number of hydrogen-bond acceptors (Lipinski definition) is 2. The molecule has 0 heterocycles. The molecule has 0 saturated carbocycles. The van der Waals surface area contributed by atoms with Crippen molar-refractivity contribution in [2.45, 2.75) is 13.0 Å². The predicted octanol–water partition coefficient (Wildman–Crippen LogP) is 4.54. The minimum atomic E-state index is -0.994. The van der Waals surface area contributed by atoms with Crippen LogP contribution in [0.3, 0.4) is 0 Å². The maximum atomic E-state index is 11.5. The average Bonchev–Trinajstić information content (AvgIpc) is 2.36. The highest BCUT2D eigenvalue weighted by atomic mass is 35.5. The Balaban J connectivity index is 2.37. The van der Waals surface area contributed by atoms with Crippen LogP contribution in [0, 0.1) is 6.92 Å². The van der Waals surface area contributed by atoms with Crippen molar-refractivity contribution in [3.05, 3.63) is 63.6 Å². The van der Waals surface area contributed by atoms with Gasteiger partial charge in [-0.05, 0) is 42.3 Å². The van der Waals surface area contributed by atoms with Crippen molar-refractivity contribution in [2.24, 2.45) is 0 Å². The van der Waals surface area contributed by atoms with Crippen molar-refractivity contribution in [3.63, 3.8) is 0 Å². The molecule has 2 aromatic rings. The van der Waals surface area contributed by atoms with E-state index in [1.807, 2.05) is 31.2 Å². The van der Waals surface area contributed by atoms with Gasteiger partial charge in [0.1, 0.15) is 0 Å². The number of benzene rings is 2. The number of carboxylic acids is 1. The van der Waals surface area contributed by atoms with Crippen molar-refractivity contribution in [1.29, 1.82) is 0 Å². The van der Waals surface area contributed by atoms with Gasteiger partial charge in [0, 0.05) is 15.7 Å². The SMILES string of the molecule is Cc1ccccc1NC(C(=O)O)c1cc(Cl)cc(Cl)c1. The van der Waals surface area contributed by atoms with E-state index in [9.17, 15) is 9.90 Å². The number of hydrogen-bond donors (Lipinski definition) is 2. The van der Waals surface area contributed by atoms with E-state index in [1.165, 1.54) is 0 Å². The molecule has 0 aliphatic heterocycles. The van der Waals surface area contributed by atoms with E-state index < -0.39 is 12.0 Å². The Bertz CT molecular complexity index is 623. The molecule has 0 aliphatic carbocycles. The molecule has 0 bridgehead atoms. The van der Waals surface area contributed by atoms with Crippen LogP contribution in [0.1, 0.15) is 17.2 Å². The summed E-state index contributed by atoms with van der Waals surface area (Å²) in [5, 5.41) is 13.2. The van der Waals surface area contributed by atoms with Gasteiger partial charge in [0.25, 0.3) is 0 Å². The van der Waals surface area contributed by atoms with Gasteiger partial charge >= 0.3 is 5.97 Å². The van der Waals surface area contributed by atoms with Gasteiger partial charge in [0.05, 0.1) is 0 Å². The topological polar surface area (TPSA) is 49.3 Å². The largest absolute Gasteiger partial charge is 0.479 e. The zero-order valence-electron chi connectivity index (χ0n) is 10.7. The van der Waals surface area contributed by atoms with E-state index in [-0.39, 0.29) is 0 Å². The molecule has 20 heavy (non-hydrogen) atoms. The standard InChI is InChI=1S/C15H13Cl2NO2/c1-9-4-2-3-5-13(9)18-14(15(19)20)10-6-11(16)8-12(17)7-10/h2-8,14,18H,1H3,(H,19,20). The zero-order valence-corrected chi connectivity index (χ0v) is 12.2. The molecule has 0 aromatic heterocycles. The summed E-state index contributed by atoms with van der Waals surface area (Å²) in [7, 11) is 0. The van der Waals surface area contributed by atoms with Crippen LogP contribution in [0.2, 0.25) is 10.0 Å². The third kappa shape index (κ3) is 3.44. The lowest BCUT2D eigenvalue weighted by Crippen LogP contribution is -2.21. The van der Waals surface area contributed by atoms with Crippen LogP contribution in [-0.2, 0) is 4.79 Å². The normalized spacial score (nSPS) is 11.9. The summed E-state index contributed by atoms with van der Waals surface area (Å²) < 4.78 is 0. The van der Waals surface area contributed by atoms with Gasteiger partial charge in [-0.3, -0.25) is 0 Å². The summed E-state index contributed by atoms with van der Waals surface area (Å²) in [6, 6.07) is 11.3. The first-order chi connectivity index (χ1) is 9.47. The van der Waals surface area contributed by atoms with Gasteiger partial charge in [-0.2, -0.15) is 0 Å². The summed E-state index contributed by atoms with van der Waals surface area (Å²) in [6.07, 6.45) is 0. The molecule has 5 heteroatoms. The number of aliphatic carboxylic acids is 1. The van der Waals surface area contributed by atoms with Gasteiger partial charge in [-0.1, -0.05) is 41.4 Å². The van der Waals surface area contributed by atoms with Gasteiger partial charge in [-0.15, -0.1) is 0 Å². The molecule has 0 fully saturated rings. The Hall–Kier alpha value is -1.71. The summed E-state index contributed by atoms with van der Waals surface area (Å²) in [6.45, 7) is 1.91. The molecule has 2 aromatic carbocycles. The van der Waals surface area contributed by atoms with E-state index in [0.717, 1.165) is 11.3 Å². The van der Waals surface area contributed by atoms with Crippen molar-refractivity contribution in [1.82, 2.24) is 0 Å². The molecule has 1 atom stereocenters. The first kappa shape index (κ1) is 14.7. The second kappa shape index (κ2) is 6.16. The van der Waals surface area contributed by atoms with Gasteiger partial charge in [-0.25, -0.2) is 4.79 Å². The van der Waals surface area contributed by atoms with Gasteiger partial charge in [0.2, 0.25) is 0 Å². The van der Waals surface area contributed by atoms with Crippen LogP contribution < -0.4 is 5.32 Å². The molecule has 0 aliphatic rings. The lowest BCUT2D eigenvalue weighted by atomic mass is 10.1. The smallest absolute Gasteiger partial charge is 0.330 e. The second-order valence-corrected chi connectivity index (χ2v) is 5.31. The maximum Gasteiger partial charge on any atom is 0.330 e.